The zero-order chi connectivity index (χ0) is 10.7. The van der Waals surface area contributed by atoms with Crippen molar-refractivity contribution in [2.45, 2.75) is 16.3 Å². The molecular weight excluding hydrogens is 232 g/mol. The number of nitrogens with zero attached hydrogens (tertiary/aromatic N) is 4. The van der Waals surface area contributed by atoms with Gasteiger partial charge in [0.15, 0.2) is 4.34 Å². The number of hydrogen-bond donors (Lipinski definition) is 2. The normalized spacial score (nSPS) is 10.3. The fourth-order valence-electron chi connectivity index (χ4n) is 0.883. The molecule has 0 radical (unpaired) electrons. The third-order valence-electron chi connectivity index (χ3n) is 1.49. The number of aromatic nitrogens is 4. The van der Waals surface area contributed by atoms with Crippen LogP contribution in [0, 0.1) is 6.92 Å². The average molecular weight is 240 g/mol. The molecule has 8 heteroatoms. The predicted octanol–water partition coefficient (Wildman–Crippen LogP) is 1.07. The van der Waals surface area contributed by atoms with Crippen molar-refractivity contribution < 1.29 is 0 Å². The number of hydrazine groups is 1. The van der Waals surface area contributed by atoms with E-state index in [1.54, 1.807) is 6.07 Å². The molecule has 0 aliphatic rings. The van der Waals surface area contributed by atoms with Gasteiger partial charge in [0.1, 0.15) is 22.2 Å². The van der Waals surface area contributed by atoms with E-state index in [2.05, 4.69) is 25.6 Å². The number of hydrogen-bond acceptors (Lipinski definition) is 8. The molecule has 6 nitrogen and oxygen atoms in total. The predicted molar refractivity (Wildman–Crippen MR) is 58.6 cm³/mol. The van der Waals surface area contributed by atoms with Crippen LogP contribution in [0.3, 0.4) is 0 Å². The summed E-state index contributed by atoms with van der Waals surface area (Å²) in [4.78, 5) is 8.00. The zero-order valence-electron chi connectivity index (χ0n) is 7.84. The summed E-state index contributed by atoms with van der Waals surface area (Å²) in [6.45, 7) is 1.91. The van der Waals surface area contributed by atoms with Crippen molar-refractivity contribution in [3.05, 3.63) is 17.4 Å². The Labute approximate surface area is 94.3 Å². The molecule has 0 saturated carbocycles. The molecule has 0 aliphatic carbocycles. The topological polar surface area (TPSA) is 89.6 Å². The fraction of sp³-hybridized carbons (Fsp3) is 0.143. The molecule has 0 saturated heterocycles. The van der Waals surface area contributed by atoms with Crippen LogP contribution < -0.4 is 11.3 Å². The molecule has 2 rings (SSSR count). The van der Waals surface area contributed by atoms with E-state index in [4.69, 9.17) is 5.84 Å². The van der Waals surface area contributed by atoms with Crippen LogP contribution in [0.5, 0.6) is 0 Å². The summed E-state index contributed by atoms with van der Waals surface area (Å²) in [5.41, 5.74) is 2.46. The van der Waals surface area contributed by atoms with Crippen molar-refractivity contribution in [1.29, 1.82) is 0 Å². The summed E-state index contributed by atoms with van der Waals surface area (Å²) in [5.74, 6) is 5.82. The van der Waals surface area contributed by atoms with E-state index in [-0.39, 0.29) is 0 Å². The Bertz CT molecular complexity index is 456. The highest BCUT2D eigenvalue weighted by Crippen LogP contribution is 2.28. The van der Waals surface area contributed by atoms with Gasteiger partial charge >= 0.3 is 0 Å². The molecule has 78 valence electrons. The second-order valence-corrected chi connectivity index (χ2v) is 5.02. The van der Waals surface area contributed by atoms with Crippen molar-refractivity contribution in [2.24, 2.45) is 5.84 Å². The van der Waals surface area contributed by atoms with Gasteiger partial charge in [-0.25, -0.2) is 15.8 Å². The number of nitrogens with two attached hydrogens (primary N) is 1. The van der Waals surface area contributed by atoms with Crippen LogP contribution >= 0.6 is 23.1 Å². The molecule has 0 spiro atoms. The monoisotopic (exact) mass is 240 g/mol. The molecule has 3 N–H and O–H groups in total. The fourth-order valence-corrected chi connectivity index (χ4v) is 2.61. The lowest BCUT2D eigenvalue weighted by molar-refractivity contribution is 0.977. The molecule has 2 aromatic rings. The third-order valence-corrected chi connectivity index (χ3v) is 3.31. The molecule has 0 aliphatic heterocycles. The second kappa shape index (κ2) is 4.51. The zero-order valence-corrected chi connectivity index (χ0v) is 9.47. The number of nitrogens with one attached hydrogen (secondary N) is 1. The van der Waals surface area contributed by atoms with E-state index in [9.17, 15) is 0 Å². The van der Waals surface area contributed by atoms with Crippen molar-refractivity contribution in [3.8, 4) is 0 Å². The van der Waals surface area contributed by atoms with Crippen molar-refractivity contribution >= 4 is 28.9 Å². The standard InChI is InChI=1S/C7H8N6S2/c1-4-12-13-7(14-4)15-6-2-5(11-8)9-3-10-6/h2-3H,8H2,1H3,(H,9,10,11). The van der Waals surface area contributed by atoms with E-state index >= 15 is 0 Å². The van der Waals surface area contributed by atoms with Crippen LogP contribution in [0.15, 0.2) is 21.8 Å². The van der Waals surface area contributed by atoms with Gasteiger partial charge in [0.2, 0.25) is 0 Å². The third kappa shape index (κ3) is 2.61. The van der Waals surface area contributed by atoms with E-state index in [0.717, 1.165) is 14.4 Å². The van der Waals surface area contributed by atoms with Gasteiger partial charge in [-0.2, -0.15) is 0 Å². The molecule has 0 unspecified atom stereocenters. The first kappa shape index (κ1) is 10.3. The van der Waals surface area contributed by atoms with E-state index in [1.807, 2.05) is 6.92 Å². The van der Waals surface area contributed by atoms with Gasteiger partial charge in [0.05, 0.1) is 0 Å². The van der Waals surface area contributed by atoms with E-state index < -0.39 is 0 Å². The minimum atomic E-state index is 0.578. The second-order valence-electron chi connectivity index (χ2n) is 2.57. The first-order valence-electron chi connectivity index (χ1n) is 4.04. The maximum absolute atomic E-state index is 5.24. The molecule has 15 heavy (non-hydrogen) atoms. The average Bonchev–Trinajstić information content (AvgIpc) is 2.64. The molecule has 0 aromatic carbocycles. The number of aryl methyl sites for hydroxylation is 1. The maximum Gasteiger partial charge on any atom is 0.180 e. The molecule has 0 bridgehead atoms. The molecule has 0 amide bonds. The Morgan fingerprint density at radius 3 is 2.93 bits per heavy atom. The van der Waals surface area contributed by atoms with Gasteiger partial charge < -0.3 is 5.43 Å². The van der Waals surface area contributed by atoms with E-state index in [0.29, 0.717) is 5.82 Å². The lowest BCUT2D eigenvalue weighted by Crippen LogP contribution is -2.08. The summed E-state index contributed by atoms with van der Waals surface area (Å²) in [7, 11) is 0. The van der Waals surface area contributed by atoms with Crippen LogP contribution in [-0.2, 0) is 0 Å². The molecule has 2 aromatic heterocycles. The van der Waals surface area contributed by atoms with Gasteiger partial charge in [-0.15, -0.1) is 10.2 Å². The Kier molecular flexibility index (Phi) is 3.09. The quantitative estimate of drug-likeness (QED) is 0.471. The molecule has 2 heterocycles. The van der Waals surface area contributed by atoms with Gasteiger partial charge in [0, 0.05) is 6.07 Å². The minimum absolute atomic E-state index is 0.578. The summed E-state index contributed by atoms with van der Waals surface area (Å²) in [6, 6.07) is 1.75. The van der Waals surface area contributed by atoms with Crippen LogP contribution in [0.4, 0.5) is 5.82 Å². The minimum Gasteiger partial charge on any atom is -0.308 e. The Morgan fingerprint density at radius 1 is 1.40 bits per heavy atom. The van der Waals surface area contributed by atoms with Gasteiger partial charge in [-0.05, 0) is 18.7 Å². The van der Waals surface area contributed by atoms with Crippen molar-refractivity contribution in [3.63, 3.8) is 0 Å². The number of nitrogen functional groups attached to an aromatic ring is 1. The van der Waals surface area contributed by atoms with Crippen molar-refractivity contribution in [1.82, 2.24) is 20.2 Å². The lowest BCUT2D eigenvalue weighted by Gasteiger charge is -1.99. The number of rotatable bonds is 3. The maximum atomic E-state index is 5.24. The van der Waals surface area contributed by atoms with Gasteiger partial charge in [0.25, 0.3) is 0 Å². The van der Waals surface area contributed by atoms with Crippen LogP contribution in [0.1, 0.15) is 5.01 Å². The van der Waals surface area contributed by atoms with Crippen molar-refractivity contribution in [2.75, 3.05) is 5.43 Å². The summed E-state index contributed by atoms with van der Waals surface area (Å²) < 4.78 is 0.856. The molecular formula is C7H8N6S2. The SMILES string of the molecule is Cc1nnc(Sc2cc(NN)ncn2)s1. The summed E-state index contributed by atoms with van der Waals surface area (Å²) >= 11 is 2.96. The van der Waals surface area contributed by atoms with Crippen LogP contribution in [0.2, 0.25) is 0 Å². The highest BCUT2D eigenvalue weighted by atomic mass is 32.2. The Balaban J connectivity index is 2.16. The first-order valence-corrected chi connectivity index (χ1v) is 5.68. The van der Waals surface area contributed by atoms with Gasteiger partial charge in [-0.1, -0.05) is 11.3 Å². The molecule has 0 atom stereocenters. The van der Waals surface area contributed by atoms with Crippen LogP contribution in [-0.4, -0.2) is 20.2 Å². The highest BCUT2D eigenvalue weighted by molar-refractivity contribution is 8.01. The van der Waals surface area contributed by atoms with Crippen LogP contribution in [0.25, 0.3) is 0 Å². The number of anilines is 1. The highest BCUT2D eigenvalue weighted by Gasteiger charge is 2.05. The Hall–Kier alpha value is -1.25. The molecule has 0 fully saturated rings. The van der Waals surface area contributed by atoms with E-state index in [1.165, 1.54) is 29.4 Å². The summed E-state index contributed by atoms with van der Waals surface area (Å²) in [6.07, 6.45) is 1.45. The van der Waals surface area contributed by atoms with Gasteiger partial charge in [-0.3, -0.25) is 0 Å². The Morgan fingerprint density at radius 2 is 2.27 bits per heavy atom. The smallest absolute Gasteiger partial charge is 0.180 e. The largest absolute Gasteiger partial charge is 0.308 e. The first-order chi connectivity index (χ1) is 7.28. The summed E-state index contributed by atoms with van der Waals surface area (Å²) in [5, 5.41) is 9.63. The lowest BCUT2D eigenvalue weighted by atomic mass is 10.6.